The van der Waals surface area contributed by atoms with E-state index in [-0.39, 0.29) is 0 Å². The number of carbonyl (C=O) groups excluding carboxylic acids is 1. The Morgan fingerprint density at radius 2 is 2.46 bits per heavy atom. The van der Waals surface area contributed by atoms with Gasteiger partial charge in [-0.2, -0.15) is 0 Å². The highest BCUT2D eigenvalue weighted by molar-refractivity contribution is 7.09. The Morgan fingerprint density at radius 3 is 2.92 bits per heavy atom. The minimum absolute atomic E-state index is 0.382. The number of nitrogens with one attached hydrogen (secondary N) is 1. The summed E-state index contributed by atoms with van der Waals surface area (Å²) >= 11 is 12.2. The van der Waals surface area contributed by atoms with Crippen molar-refractivity contribution in [1.82, 2.24) is 10.3 Å². The average Bonchev–Trinajstić information content (AvgIpc) is 2.47. The molecule has 3 nitrogen and oxygen atoms in total. The van der Waals surface area contributed by atoms with Gasteiger partial charge in [0.25, 0.3) is 5.91 Å². The first-order valence-electron chi connectivity index (χ1n) is 3.56. The van der Waals surface area contributed by atoms with Gasteiger partial charge in [0.1, 0.15) is 5.01 Å². The van der Waals surface area contributed by atoms with Gasteiger partial charge < -0.3 is 5.32 Å². The number of alkyl halides is 2. The fraction of sp³-hybridized carbons (Fsp3) is 0.429. The van der Waals surface area contributed by atoms with Crippen molar-refractivity contribution >= 4 is 40.4 Å². The summed E-state index contributed by atoms with van der Waals surface area (Å²) in [6.45, 7) is 2.28. The average molecular weight is 239 g/mol. The highest BCUT2D eigenvalue weighted by Crippen LogP contribution is 2.08. The van der Waals surface area contributed by atoms with E-state index in [0.717, 1.165) is 10.7 Å². The number of thiazole rings is 1. The zero-order valence-electron chi connectivity index (χ0n) is 6.88. The number of halogens is 2. The molecule has 0 saturated carbocycles. The SMILES string of the molecule is Cc1csc(CNC(=O)C(Cl)Cl)n1. The van der Waals surface area contributed by atoms with E-state index in [4.69, 9.17) is 23.2 Å². The van der Waals surface area contributed by atoms with Crippen molar-refractivity contribution < 1.29 is 4.79 Å². The van der Waals surface area contributed by atoms with Crippen molar-refractivity contribution in [2.45, 2.75) is 18.3 Å². The Kier molecular flexibility index (Phi) is 3.96. The molecule has 0 atom stereocenters. The molecule has 1 aromatic heterocycles. The molecular weight excluding hydrogens is 231 g/mol. The molecule has 0 aliphatic carbocycles. The maximum atomic E-state index is 10.9. The molecule has 1 rings (SSSR count). The molecule has 0 aromatic carbocycles. The van der Waals surface area contributed by atoms with Crippen LogP contribution in [0.1, 0.15) is 10.7 Å². The van der Waals surface area contributed by atoms with Gasteiger partial charge in [0, 0.05) is 11.1 Å². The third kappa shape index (κ3) is 3.50. The smallest absolute Gasteiger partial charge is 0.253 e. The molecule has 1 N–H and O–H groups in total. The van der Waals surface area contributed by atoms with Gasteiger partial charge in [0.15, 0.2) is 4.84 Å². The molecule has 0 fully saturated rings. The Hall–Kier alpha value is -0.320. The van der Waals surface area contributed by atoms with Crippen LogP contribution in [0.5, 0.6) is 0 Å². The standard InChI is InChI=1S/C7H8Cl2N2OS/c1-4-3-13-5(11-4)2-10-7(12)6(8)9/h3,6H,2H2,1H3,(H,10,12). The maximum absolute atomic E-state index is 10.9. The predicted molar refractivity (Wildman–Crippen MR) is 54.2 cm³/mol. The first-order chi connectivity index (χ1) is 6.09. The van der Waals surface area contributed by atoms with Crippen molar-refractivity contribution in [3.63, 3.8) is 0 Å². The van der Waals surface area contributed by atoms with Gasteiger partial charge in [-0.25, -0.2) is 4.98 Å². The Morgan fingerprint density at radius 1 is 1.77 bits per heavy atom. The Balaban J connectivity index is 2.39. The maximum Gasteiger partial charge on any atom is 0.253 e. The number of carbonyl (C=O) groups is 1. The van der Waals surface area contributed by atoms with E-state index in [1.54, 1.807) is 0 Å². The van der Waals surface area contributed by atoms with Crippen LogP contribution in [-0.4, -0.2) is 15.7 Å². The van der Waals surface area contributed by atoms with Gasteiger partial charge >= 0.3 is 0 Å². The minimum Gasteiger partial charge on any atom is -0.347 e. The molecule has 0 aliphatic rings. The van der Waals surface area contributed by atoms with Gasteiger partial charge in [0.05, 0.1) is 6.54 Å². The van der Waals surface area contributed by atoms with E-state index >= 15 is 0 Å². The number of nitrogens with zero attached hydrogens (tertiary/aromatic N) is 1. The van der Waals surface area contributed by atoms with Gasteiger partial charge in [-0.05, 0) is 6.92 Å². The van der Waals surface area contributed by atoms with Crippen LogP contribution in [0.2, 0.25) is 0 Å². The molecule has 1 heterocycles. The Bertz CT molecular complexity index is 300. The normalized spacial score (nSPS) is 10.5. The fourth-order valence-electron chi connectivity index (χ4n) is 0.724. The lowest BCUT2D eigenvalue weighted by Crippen LogP contribution is -2.27. The Labute approximate surface area is 90.1 Å². The molecule has 0 bridgehead atoms. The number of rotatable bonds is 3. The summed E-state index contributed by atoms with van der Waals surface area (Å²) in [5.41, 5.74) is 0.947. The van der Waals surface area contributed by atoms with Crippen LogP contribution < -0.4 is 5.32 Å². The topological polar surface area (TPSA) is 42.0 Å². The quantitative estimate of drug-likeness (QED) is 0.818. The van der Waals surface area contributed by atoms with Crippen LogP contribution in [0.25, 0.3) is 0 Å². The lowest BCUT2D eigenvalue weighted by Gasteiger charge is -2.01. The monoisotopic (exact) mass is 238 g/mol. The summed E-state index contributed by atoms with van der Waals surface area (Å²) in [6, 6.07) is 0. The molecule has 13 heavy (non-hydrogen) atoms. The number of amides is 1. The van der Waals surface area contributed by atoms with E-state index in [9.17, 15) is 4.79 Å². The van der Waals surface area contributed by atoms with Crippen LogP contribution in [0.15, 0.2) is 5.38 Å². The summed E-state index contributed by atoms with van der Waals surface area (Å²) in [4.78, 5) is 14.1. The summed E-state index contributed by atoms with van der Waals surface area (Å²) in [6.07, 6.45) is 0. The van der Waals surface area contributed by atoms with Crippen LogP contribution in [-0.2, 0) is 11.3 Å². The number of aromatic nitrogens is 1. The summed E-state index contributed by atoms with van der Waals surface area (Å²) in [5, 5.41) is 5.32. The third-order valence-corrected chi connectivity index (χ3v) is 2.64. The zero-order valence-corrected chi connectivity index (χ0v) is 9.21. The molecule has 0 saturated heterocycles. The largest absolute Gasteiger partial charge is 0.347 e. The molecule has 0 aliphatic heterocycles. The van der Waals surface area contributed by atoms with E-state index in [2.05, 4.69) is 10.3 Å². The highest BCUT2D eigenvalue weighted by Gasteiger charge is 2.10. The van der Waals surface area contributed by atoms with Crippen molar-refractivity contribution in [3.05, 3.63) is 16.1 Å². The van der Waals surface area contributed by atoms with Gasteiger partial charge in [-0.1, -0.05) is 23.2 Å². The lowest BCUT2D eigenvalue weighted by atomic mass is 10.5. The van der Waals surface area contributed by atoms with E-state index in [0.29, 0.717) is 6.54 Å². The van der Waals surface area contributed by atoms with Crippen molar-refractivity contribution in [2.24, 2.45) is 0 Å². The molecule has 0 spiro atoms. The summed E-state index contributed by atoms with van der Waals surface area (Å²) in [7, 11) is 0. The number of hydrogen-bond donors (Lipinski definition) is 1. The molecule has 72 valence electrons. The summed E-state index contributed by atoms with van der Waals surface area (Å²) in [5.74, 6) is -0.392. The molecular formula is C7H8Cl2N2OS. The zero-order chi connectivity index (χ0) is 9.84. The van der Waals surface area contributed by atoms with Gasteiger partial charge in [0.2, 0.25) is 0 Å². The summed E-state index contributed by atoms with van der Waals surface area (Å²) < 4.78 is 0. The van der Waals surface area contributed by atoms with Crippen LogP contribution in [0.4, 0.5) is 0 Å². The number of aryl methyl sites for hydroxylation is 1. The van der Waals surface area contributed by atoms with Crippen molar-refractivity contribution in [1.29, 1.82) is 0 Å². The lowest BCUT2D eigenvalue weighted by molar-refractivity contribution is -0.119. The third-order valence-electron chi connectivity index (χ3n) is 1.28. The van der Waals surface area contributed by atoms with E-state index < -0.39 is 10.7 Å². The minimum atomic E-state index is -1.01. The van der Waals surface area contributed by atoms with E-state index in [1.807, 2.05) is 12.3 Å². The van der Waals surface area contributed by atoms with Gasteiger partial charge in [-0.15, -0.1) is 11.3 Å². The van der Waals surface area contributed by atoms with E-state index in [1.165, 1.54) is 11.3 Å². The van der Waals surface area contributed by atoms with Crippen LogP contribution in [0.3, 0.4) is 0 Å². The fourth-order valence-corrected chi connectivity index (χ4v) is 1.59. The van der Waals surface area contributed by atoms with Gasteiger partial charge in [-0.3, -0.25) is 4.79 Å². The highest BCUT2D eigenvalue weighted by atomic mass is 35.5. The number of hydrogen-bond acceptors (Lipinski definition) is 3. The first-order valence-corrected chi connectivity index (χ1v) is 5.31. The first kappa shape index (κ1) is 10.8. The van der Waals surface area contributed by atoms with Crippen LogP contribution in [0, 0.1) is 6.92 Å². The molecule has 0 unspecified atom stereocenters. The molecule has 1 aromatic rings. The second-order valence-electron chi connectivity index (χ2n) is 2.40. The van der Waals surface area contributed by atoms with Crippen LogP contribution >= 0.6 is 34.5 Å². The molecule has 0 radical (unpaired) electrons. The predicted octanol–water partition coefficient (Wildman–Crippen LogP) is 1.87. The second kappa shape index (κ2) is 4.79. The molecule has 6 heteroatoms. The second-order valence-corrected chi connectivity index (χ2v) is 4.44. The van der Waals surface area contributed by atoms with Crippen molar-refractivity contribution in [2.75, 3.05) is 0 Å². The molecule has 1 amide bonds. The van der Waals surface area contributed by atoms with Crippen molar-refractivity contribution in [3.8, 4) is 0 Å².